The van der Waals surface area contributed by atoms with E-state index in [1.54, 1.807) is 23.5 Å². The second-order valence-corrected chi connectivity index (χ2v) is 5.40. The van der Waals surface area contributed by atoms with E-state index in [1.807, 2.05) is 17.5 Å². The van der Waals surface area contributed by atoms with Crippen molar-refractivity contribution in [3.63, 3.8) is 0 Å². The zero-order valence-corrected chi connectivity index (χ0v) is 12.5. The minimum Gasteiger partial charge on any atom is -0.463 e. The standard InChI is InChI=1S/C15H12N2O4S/c1-20-15(19)12-6-4-10(21-12)9-17-14(18)7-5-11(16-17)13-3-2-8-22-13/h2-8H,9H2,1H3. The van der Waals surface area contributed by atoms with Crippen molar-refractivity contribution < 1.29 is 13.9 Å². The van der Waals surface area contributed by atoms with Crippen molar-refractivity contribution in [2.75, 3.05) is 7.11 Å². The number of furan rings is 1. The molecule has 0 spiro atoms. The number of hydrogen-bond acceptors (Lipinski definition) is 6. The first-order chi connectivity index (χ1) is 10.7. The minimum absolute atomic E-state index is 0.0972. The van der Waals surface area contributed by atoms with Crippen LogP contribution in [0.3, 0.4) is 0 Å². The first-order valence-electron chi connectivity index (χ1n) is 6.46. The van der Waals surface area contributed by atoms with Crippen LogP contribution >= 0.6 is 11.3 Å². The Bertz CT molecular complexity index is 849. The van der Waals surface area contributed by atoms with E-state index < -0.39 is 5.97 Å². The molecule has 0 unspecified atom stereocenters. The van der Waals surface area contributed by atoms with Gasteiger partial charge in [0.05, 0.1) is 12.0 Å². The van der Waals surface area contributed by atoms with E-state index >= 15 is 0 Å². The van der Waals surface area contributed by atoms with Crippen LogP contribution in [0.25, 0.3) is 10.6 Å². The van der Waals surface area contributed by atoms with Crippen LogP contribution < -0.4 is 5.56 Å². The zero-order valence-electron chi connectivity index (χ0n) is 11.7. The summed E-state index contributed by atoms with van der Waals surface area (Å²) in [6.07, 6.45) is 0. The third-order valence-corrected chi connectivity index (χ3v) is 3.89. The molecular weight excluding hydrogens is 304 g/mol. The second kappa shape index (κ2) is 5.98. The lowest BCUT2D eigenvalue weighted by Crippen LogP contribution is -2.22. The van der Waals surface area contributed by atoms with E-state index in [0.717, 1.165) is 4.88 Å². The van der Waals surface area contributed by atoms with Crippen LogP contribution in [0.2, 0.25) is 0 Å². The van der Waals surface area contributed by atoms with Gasteiger partial charge in [0.2, 0.25) is 5.76 Å². The van der Waals surface area contributed by atoms with Gasteiger partial charge in [0.25, 0.3) is 5.56 Å². The Balaban J connectivity index is 1.89. The number of methoxy groups -OCH3 is 1. The molecule has 6 nitrogen and oxygen atoms in total. The molecule has 0 fully saturated rings. The summed E-state index contributed by atoms with van der Waals surface area (Å²) in [4.78, 5) is 24.2. The van der Waals surface area contributed by atoms with Crippen LogP contribution in [-0.2, 0) is 11.3 Å². The molecule has 0 amide bonds. The van der Waals surface area contributed by atoms with Crippen LogP contribution in [0.5, 0.6) is 0 Å². The van der Waals surface area contributed by atoms with Crippen LogP contribution in [0, 0.1) is 0 Å². The van der Waals surface area contributed by atoms with Crippen molar-refractivity contribution in [1.82, 2.24) is 9.78 Å². The molecule has 0 bridgehead atoms. The number of carbonyl (C=O) groups is 1. The van der Waals surface area contributed by atoms with Gasteiger partial charge in [0.1, 0.15) is 18.0 Å². The number of thiophene rings is 1. The number of rotatable bonds is 4. The highest BCUT2D eigenvalue weighted by atomic mass is 32.1. The highest BCUT2D eigenvalue weighted by Gasteiger charge is 2.12. The van der Waals surface area contributed by atoms with Crippen molar-refractivity contribution in [1.29, 1.82) is 0 Å². The molecule has 22 heavy (non-hydrogen) atoms. The molecule has 0 aliphatic carbocycles. The normalized spacial score (nSPS) is 10.6. The van der Waals surface area contributed by atoms with Crippen LogP contribution in [-0.4, -0.2) is 22.9 Å². The van der Waals surface area contributed by atoms with E-state index in [9.17, 15) is 9.59 Å². The maximum absolute atomic E-state index is 11.9. The molecule has 0 N–H and O–H groups in total. The van der Waals surface area contributed by atoms with Gasteiger partial charge in [-0.2, -0.15) is 5.10 Å². The number of hydrogen-bond donors (Lipinski definition) is 0. The largest absolute Gasteiger partial charge is 0.463 e. The number of aromatic nitrogens is 2. The first kappa shape index (κ1) is 14.3. The number of carbonyl (C=O) groups excluding carboxylic acids is 1. The Labute approximate surface area is 129 Å². The van der Waals surface area contributed by atoms with Gasteiger partial charge in [-0.05, 0) is 29.6 Å². The summed E-state index contributed by atoms with van der Waals surface area (Å²) in [6.45, 7) is 0.148. The SMILES string of the molecule is COC(=O)c1ccc(Cn2nc(-c3cccs3)ccc2=O)o1. The van der Waals surface area contributed by atoms with Crippen molar-refractivity contribution in [3.8, 4) is 10.6 Å². The van der Waals surface area contributed by atoms with Crippen molar-refractivity contribution in [2.24, 2.45) is 0 Å². The van der Waals surface area contributed by atoms with Gasteiger partial charge in [-0.3, -0.25) is 4.79 Å². The Morgan fingerprint density at radius 3 is 2.91 bits per heavy atom. The van der Waals surface area contributed by atoms with E-state index in [0.29, 0.717) is 11.5 Å². The van der Waals surface area contributed by atoms with E-state index in [-0.39, 0.29) is 17.9 Å². The zero-order chi connectivity index (χ0) is 15.5. The predicted octanol–water partition coefficient (Wildman–Crippen LogP) is 2.40. The molecule has 0 radical (unpaired) electrons. The summed E-state index contributed by atoms with van der Waals surface area (Å²) in [5.74, 6) is -0.00261. The van der Waals surface area contributed by atoms with Crippen molar-refractivity contribution in [3.05, 3.63) is 63.7 Å². The number of esters is 1. The maximum atomic E-state index is 11.9. The summed E-state index contributed by atoms with van der Waals surface area (Å²) in [7, 11) is 1.28. The van der Waals surface area contributed by atoms with Crippen LogP contribution in [0.4, 0.5) is 0 Å². The Kier molecular flexibility index (Phi) is 3.88. The van der Waals surface area contributed by atoms with Gasteiger partial charge in [-0.15, -0.1) is 11.3 Å². The summed E-state index contributed by atoms with van der Waals surface area (Å²) in [6, 6.07) is 10.1. The molecule has 0 aliphatic rings. The molecule has 0 saturated heterocycles. The molecule has 0 atom stereocenters. The number of nitrogens with zero attached hydrogens (tertiary/aromatic N) is 2. The molecule has 3 aromatic rings. The summed E-state index contributed by atoms with van der Waals surface area (Å²) in [5, 5.41) is 6.27. The maximum Gasteiger partial charge on any atom is 0.373 e. The van der Waals surface area contributed by atoms with Gasteiger partial charge < -0.3 is 9.15 Å². The monoisotopic (exact) mass is 316 g/mol. The highest BCUT2D eigenvalue weighted by Crippen LogP contribution is 2.21. The van der Waals surface area contributed by atoms with E-state index in [4.69, 9.17) is 4.42 Å². The predicted molar refractivity (Wildman–Crippen MR) is 81.0 cm³/mol. The van der Waals surface area contributed by atoms with Crippen LogP contribution in [0.15, 0.2) is 51.0 Å². The average Bonchev–Trinajstić information content (AvgIpc) is 3.20. The number of ether oxygens (including phenoxy) is 1. The lowest BCUT2D eigenvalue weighted by Gasteiger charge is -2.04. The smallest absolute Gasteiger partial charge is 0.373 e. The van der Waals surface area contributed by atoms with E-state index in [1.165, 1.54) is 23.9 Å². The van der Waals surface area contributed by atoms with Gasteiger partial charge in [0.15, 0.2) is 0 Å². The molecular formula is C15H12N2O4S. The Morgan fingerprint density at radius 2 is 2.18 bits per heavy atom. The summed E-state index contributed by atoms with van der Waals surface area (Å²) < 4.78 is 11.2. The second-order valence-electron chi connectivity index (χ2n) is 4.45. The average molecular weight is 316 g/mol. The fourth-order valence-electron chi connectivity index (χ4n) is 1.94. The van der Waals surface area contributed by atoms with Crippen molar-refractivity contribution in [2.45, 2.75) is 6.54 Å². The summed E-state index contributed by atoms with van der Waals surface area (Å²) >= 11 is 1.55. The fourth-order valence-corrected chi connectivity index (χ4v) is 2.63. The molecule has 3 aromatic heterocycles. The Hall–Kier alpha value is -2.67. The molecule has 0 saturated carbocycles. The molecule has 0 aliphatic heterocycles. The minimum atomic E-state index is -0.557. The molecule has 7 heteroatoms. The third-order valence-electron chi connectivity index (χ3n) is 2.99. The van der Waals surface area contributed by atoms with E-state index in [2.05, 4.69) is 9.84 Å². The van der Waals surface area contributed by atoms with Gasteiger partial charge in [0, 0.05) is 6.07 Å². The van der Waals surface area contributed by atoms with Gasteiger partial charge in [-0.1, -0.05) is 6.07 Å². The fraction of sp³-hybridized carbons (Fsp3) is 0.133. The lowest BCUT2D eigenvalue weighted by atomic mass is 10.3. The summed E-state index contributed by atoms with van der Waals surface area (Å²) in [5.41, 5.74) is 0.477. The highest BCUT2D eigenvalue weighted by molar-refractivity contribution is 7.13. The Morgan fingerprint density at radius 1 is 1.32 bits per heavy atom. The first-order valence-corrected chi connectivity index (χ1v) is 7.34. The molecule has 3 rings (SSSR count). The molecule has 0 aromatic carbocycles. The van der Waals surface area contributed by atoms with Crippen molar-refractivity contribution >= 4 is 17.3 Å². The molecule has 3 heterocycles. The van der Waals surface area contributed by atoms with Gasteiger partial charge >= 0.3 is 5.97 Å². The molecule has 112 valence electrons. The third kappa shape index (κ3) is 2.84. The lowest BCUT2D eigenvalue weighted by molar-refractivity contribution is 0.0562. The quantitative estimate of drug-likeness (QED) is 0.691. The van der Waals surface area contributed by atoms with Crippen LogP contribution in [0.1, 0.15) is 16.3 Å². The topological polar surface area (TPSA) is 74.3 Å². The van der Waals surface area contributed by atoms with Gasteiger partial charge in [-0.25, -0.2) is 9.48 Å².